The number of aliphatic hydroxyl groups is 1. The molecule has 0 spiro atoms. The molecule has 2 rings (SSSR count). The molecule has 1 N–H and O–H groups in total. The molecule has 0 aliphatic carbocycles. The Morgan fingerprint density at radius 1 is 1.50 bits per heavy atom. The highest BCUT2D eigenvalue weighted by Gasteiger charge is 2.32. The maximum atomic E-state index is 11.6. The Morgan fingerprint density at radius 3 is 2.94 bits per heavy atom. The van der Waals surface area contributed by atoms with Gasteiger partial charge in [-0.1, -0.05) is 5.16 Å². The highest BCUT2D eigenvalue weighted by atomic mass is 32.2. The average Bonchev–Trinajstić information content (AvgIpc) is 2.76. The fraction of sp³-hybridized carbons (Fsp3) is 0.778. The summed E-state index contributed by atoms with van der Waals surface area (Å²) in [4.78, 5) is 4.03. The summed E-state index contributed by atoms with van der Waals surface area (Å²) >= 11 is 0. The van der Waals surface area contributed by atoms with E-state index in [1.807, 2.05) is 0 Å². The molecule has 2 heterocycles. The third kappa shape index (κ3) is 2.41. The summed E-state index contributed by atoms with van der Waals surface area (Å²) < 4.78 is 28.1. The van der Waals surface area contributed by atoms with E-state index >= 15 is 0 Å². The van der Waals surface area contributed by atoms with Crippen molar-refractivity contribution in [2.75, 3.05) is 12.4 Å². The molecule has 1 fully saturated rings. The van der Waals surface area contributed by atoms with Gasteiger partial charge in [-0.2, -0.15) is 4.98 Å². The highest BCUT2D eigenvalue weighted by Crippen LogP contribution is 2.22. The summed E-state index contributed by atoms with van der Waals surface area (Å²) in [6.07, 6.45) is 2.01. The summed E-state index contributed by atoms with van der Waals surface area (Å²) in [6.45, 7) is -0.0410. The summed E-state index contributed by atoms with van der Waals surface area (Å²) in [5.74, 6) is 1.03. The lowest BCUT2D eigenvalue weighted by atomic mass is 10.2. The van der Waals surface area contributed by atoms with Gasteiger partial charge in [0.2, 0.25) is 5.89 Å². The first kappa shape index (κ1) is 11.5. The minimum Gasteiger partial charge on any atom is -0.396 e. The first-order chi connectivity index (χ1) is 7.62. The van der Waals surface area contributed by atoms with E-state index < -0.39 is 9.84 Å². The van der Waals surface area contributed by atoms with E-state index in [2.05, 4.69) is 10.1 Å². The molecule has 0 amide bonds. The Kier molecular flexibility index (Phi) is 3.25. The smallest absolute Gasteiger partial charge is 0.227 e. The van der Waals surface area contributed by atoms with E-state index in [4.69, 9.17) is 9.63 Å². The molecule has 0 saturated carbocycles. The standard InChI is InChI=1S/C9H14N2O4S/c12-4-3-8-10-9(15-11-8)6-7-2-1-5-16(7,13)14/h7,12H,1-6H2. The van der Waals surface area contributed by atoms with Gasteiger partial charge in [-0.3, -0.25) is 0 Å². The van der Waals surface area contributed by atoms with Crippen LogP contribution in [0.2, 0.25) is 0 Å². The van der Waals surface area contributed by atoms with Gasteiger partial charge in [0.15, 0.2) is 15.7 Å². The predicted octanol–water partition coefficient (Wildman–Crippen LogP) is -0.276. The lowest BCUT2D eigenvalue weighted by Gasteiger charge is -2.04. The number of sulfone groups is 1. The van der Waals surface area contributed by atoms with Crippen LogP contribution in [-0.4, -0.2) is 41.3 Å². The third-order valence-electron chi connectivity index (χ3n) is 2.71. The van der Waals surface area contributed by atoms with Crippen molar-refractivity contribution in [3.63, 3.8) is 0 Å². The minimum absolute atomic E-state index is 0.0410. The maximum absolute atomic E-state index is 11.6. The van der Waals surface area contributed by atoms with E-state index in [-0.39, 0.29) is 17.6 Å². The first-order valence-corrected chi connectivity index (χ1v) is 6.97. The molecule has 6 nitrogen and oxygen atoms in total. The number of aromatic nitrogens is 2. The Hall–Kier alpha value is -0.950. The van der Waals surface area contributed by atoms with Crippen molar-refractivity contribution in [3.8, 4) is 0 Å². The Morgan fingerprint density at radius 2 is 2.31 bits per heavy atom. The monoisotopic (exact) mass is 246 g/mol. The second-order valence-corrected chi connectivity index (χ2v) is 6.31. The van der Waals surface area contributed by atoms with Gasteiger partial charge in [-0.15, -0.1) is 0 Å². The van der Waals surface area contributed by atoms with Crippen molar-refractivity contribution in [1.29, 1.82) is 0 Å². The van der Waals surface area contributed by atoms with Crippen molar-refractivity contribution >= 4 is 9.84 Å². The fourth-order valence-electron chi connectivity index (χ4n) is 1.86. The first-order valence-electron chi connectivity index (χ1n) is 5.26. The summed E-state index contributed by atoms with van der Waals surface area (Å²) in [5, 5.41) is 12.0. The maximum Gasteiger partial charge on any atom is 0.227 e. The number of rotatable bonds is 4. The zero-order valence-electron chi connectivity index (χ0n) is 8.79. The SMILES string of the molecule is O=S1(=O)CCCC1Cc1nc(CCO)no1. The largest absolute Gasteiger partial charge is 0.396 e. The highest BCUT2D eigenvalue weighted by molar-refractivity contribution is 7.92. The molecule has 90 valence electrons. The number of hydrogen-bond donors (Lipinski definition) is 1. The van der Waals surface area contributed by atoms with E-state index in [1.54, 1.807) is 0 Å². The molecule has 7 heteroatoms. The number of hydrogen-bond acceptors (Lipinski definition) is 6. The van der Waals surface area contributed by atoms with Crippen LogP contribution in [0.25, 0.3) is 0 Å². The lowest BCUT2D eigenvalue weighted by Crippen LogP contribution is -2.18. The number of aliphatic hydroxyl groups excluding tert-OH is 1. The molecule has 16 heavy (non-hydrogen) atoms. The molecule has 1 atom stereocenters. The fourth-order valence-corrected chi connectivity index (χ4v) is 3.68. The van der Waals surface area contributed by atoms with E-state index in [0.717, 1.165) is 0 Å². The van der Waals surface area contributed by atoms with Gasteiger partial charge >= 0.3 is 0 Å². The Balaban J connectivity index is 2.03. The summed E-state index contributed by atoms with van der Waals surface area (Å²) in [7, 11) is -2.97. The van der Waals surface area contributed by atoms with Crippen LogP contribution in [0.5, 0.6) is 0 Å². The van der Waals surface area contributed by atoms with Crippen molar-refractivity contribution in [2.24, 2.45) is 0 Å². The van der Waals surface area contributed by atoms with Gasteiger partial charge < -0.3 is 9.63 Å². The van der Waals surface area contributed by atoms with Gasteiger partial charge in [-0.25, -0.2) is 8.42 Å². The van der Waals surface area contributed by atoms with Crippen LogP contribution in [0.4, 0.5) is 0 Å². The topological polar surface area (TPSA) is 93.3 Å². The molecular weight excluding hydrogens is 232 g/mol. The second-order valence-electron chi connectivity index (χ2n) is 3.91. The average molecular weight is 246 g/mol. The van der Waals surface area contributed by atoms with Gasteiger partial charge in [0.25, 0.3) is 0 Å². The van der Waals surface area contributed by atoms with Gasteiger partial charge in [0.05, 0.1) is 17.6 Å². The van der Waals surface area contributed by atoms with Gasteiger partial charge in [0, 0.05) is 12.8 Å². The van der Waals surface area contributed by atoms with Crippen molar-refractivity contribution in [1.82, 2.24) is 10.1 Å². The second kappa shape index (κ2) is 4.50. The molecule has 1 saturated heterocycles. The molecule has 1 unspecified atom stereocenters. The molecular formula is C9H14N2O4S. The Bertz CT molecular complexity index is 454. The molecule has 0 aromatic carbocycles. The van der Waals surface area contributed by atoms with Crippen LogP contribution in [0, 0.1) is 0 Å². The molecule has 1 aromatic heterocycles. The van der Waals surface area contributed by atoms with E-state index in [1.165, 1.54) is 0 Å². The van der Waals surface area contributed by atoms with Crippen LogP contribution < -0.4 is 0 Å². The summed E-state index contributed by atoms with van der Waals surface area (Å²) in [6, 6.07) is 0. The zero-order chi connectivity index (χ0) is 11.6. The van der Waals surface area contributed by atoms with Crippen LogP contribution in [0.3, 0.4) is 0 Å². The quantitative estimate of drug-likeness (QED) is 0.785. The molecule has 0 bridgehead atoms. The summed E-state index contributed by atoms with van der Waals surface area (Å²) in [5.41, 5.74) is 0. The van der Waals surface area contributed by atoms with Crippen LogP contribution >= 0.6 is 0 Å². The van der Waals surface area contributed by atoms with E-state index in [9.17, 15) is 8.42 Å². The van der Waals surface area contributed by atoms with Crippen LogP contribution in [-0.2, 0) is 22.7 Å². The molecule has 1 aliphatic rings. The van der Waals surface area contributed by atoms with Crippen molar-refractivity contribution in [2.45, 2.75) is 30.9 Å². The van der Waals surface area contributed by atoms with Crippen molar-refractivity contribution in [3.05, 3.63) is 11.7 Å². The van der Waals surface area contributed by atoms with Crippen molar-refractivity contribution < 1.29 is 18.0 Å². The van der Waals surface area contributed by atoms with E-state index in [0.29, 0.717) is 37.4 Å². The molecule has 0 radical (unpaired) electrons. The normalized spacial score (nSPS) is 23.7. The number of nitrogens with zero attached hydrogens (tertiary/aromatic N) is 2. The third-order valence-corrected chi connectivity index (χ3v) is 4.99. The lowest BCUT2D eigenvalue weighted by molar-refractivity contribution is 0.292. The minimum atomic E-state index is -2.97. The van der Waals surface area contributed by atoms with Gasteiger partial charge in [-0.05, 0) is 12.8 Å². The Labute approximate surface area is 93.6 Å². The zero-order valence-corrected chi connectivity index (χ0v) is 9.61. The van der Waals surface area contributed by atoms with Crippen LogP contribution in [0.1, 0.15) is 24.6 Å². The molecule has 1 aromatic rings. The molecule has 1 aliphatic heterocycles. The van der Waals surface area contributed by atoms with Crippen LogP contribution in [0.15, 0.2) is 4.52 Å². The van der Waals surface area contributed by atoms with Gasteiger partial charge in [0.1, 0.15) is 0 Å². The predicted molar refractivity (Wildman–Crippen MR) is 55.6 cm³/mol.